The van der Waals surface area contributed by atoms with Crippen LogP contribution >= 0.6 is 0 Å². The van der Waals surface area contributed by atoms with Crippen LogP contribution in [0.4, 0.5) is 0 Å². The van der Waals surface area contributed by atoms with Gasteiger partial charge in [-0.1, -0.05) is 56.3 Å². The van der Waals surface area contributed by atoms with Crippen LogP contribution in [0.2, 0.25) is 0 Å². The molecule has 0 N–H and O–H groups in total. The number of benzene rings is 1. The molecule has 1 heterocycles. The van der Waals surface area contributed by atoms with Gasteiger partial charge in [-0.2, -0.15) is 0 Å². The van der Waals surface area contributed by atoms with Gasteiger partial charge < -0.3 is 9.47 Å². The largest absolute Gasteiger partial charge is 0.376 e. The summed E-state index contributed by atoms with van der Waals surface area (Å²) in [5.41, 5.74) is 1.21. The average Bonchev–Trinajstić information content (AvgIpc) is 2.40. The first kappa shape index (κ1) is 14.3. The molecule has 2 heteroatoms. The Morgan fingerprint density at radius 3 is 2.68 bits per heavy atom. The number of hydrogen-bond acceptors (Lipinski definition) is 2. The summed E-state index contributed by atoms with van der Waals surface area (Å²) in [6, 6.07) is 10.3. The van der Waals surface area contributed by atoms with E-state index in [0.717, 1.165) is 6.42 Å². The van der Waals surface area contributed by atoms with Gasteiger partial charge in [0.2, 0.25) is 0 Å². The maximum atomic E-state index is 5.99. The summed E-state index contributed by atoms with van der Waals surface area (Å²) in [5.74, 6) is 0. The topological polar surface area (TPSA) is 18.5 Å². The predicted molar refractivity (Wildman–Crippen MR) is 78.0 cm³/mol. The van der Waals surface area contributed by atoms with Crippen molar-refractivity contribution in [2.45, 2.75) is 46.0 Å². The van der Waals surface area contributed by atoms with E-state index in [4.69, 9.17) is 9.47 Å². The van der Waals surface area contributed by atoms with Crippen LogP contribution in [0.25, 0.3) is 0 Å². The SMILES string of the molecule is C[C@H]1CC=C[C@@H](C(C)(C)COCc2ccccc2)O1. The summed E-state index contributed by atoms with van der Waals surface area (Å²) in [5, 5.41) is 0. The van der Waals surface area contributed by atoms with Gasteiger partial charge in [0.05, 0.1) is 25.4 Å². The molecule has 1 aromatic rings. The Balaban J connectivity index is 1.84. The molecular formula is C17H24O2. The van der Waals surface area contributed by atoms with E-state index in [1.165, 1.54) is 5.56 Å². The highest BCUT2D eigenvalue weighted by Gasteiger charge is 2.31. The van der Waals surface area contributed by atoms with Gasteiger partial charge in [-0.05, 0) is 18.9 Å². The van der Waals surface area contributed by atoms with Gasteiger partial charge in [0.25, 0.3) is 0 Å². The van der Waals surface area contributed by atoms with E-state index in [1.54, 1.807) is 0 Å². The second-order valence-electron chi connectivity index (χ2n) is 6.00. The van der Waals surface area contributed by atoms with Gasteiger partial charge in [0.1, 0.15) is 0 Å². The van der Waals surface area contributed by atoms with Gasteiger partial charge in [-0.3, -0.25) is 0 Å². The predicted octanol–water partition coefficient (Wildman–Crippen LogP) is 3.96. The molecule has 0 bridgehead atoms. The maximum Gasteiger partial charge on any atom is 0.0832 e. The molecule has 2 atom stereocenters. The monoisotopic (exact) mass is 260 g/mol. The maximum absolute atomic E-state index is 5.99. The average molecular weight is 260 g/mol. The van der Waals surface area contributed by atoms with Crippen LogP contribution in [-0.2, 0) is 16.1 Å². The lowest BCUT2D eigenvalue weighted by Gasteiger charge is -2.36. The third-order valence-electron chi connectivity index (χ3n) is 3.51. The van der Waals surface area contributed by atoms with Crippen LogP contribution in [0.5, 0.6) is 0 Å². The van der Waals surface area contributed by atoms with Gasteiger partial charge in [0, 0.05) is 5.41 Å². The van der Waals surface area contributed by atoms with Crippen LogP contribution in [0, 0.1) is 5.41 Å². The standard InChI is InChI=1S/C17H24O2/c1-14-8-7-11-16(19-14)17(2,3)13-18-12-15-9-5-4-6-10-15/h4-7,9-11,14,16H,8,12-13H2,1-3H3/t14-,16-/m0/s1. The molecule has 0 radical (unpaired) electrons. The van der Waals surface area contributed by atoms with E-state index < -0.39 is 0 Å². The van der Waals surface area contributed by atoms with Crippen molar-refractivity contribution in [3.8, 4) is 0 Å². The fourth-order valence-corrected chi connectivity index (χ4v) is 2.28. The van der Waals surface area contributed by atoms with Crippen molar-refractivity contribution in [2.75, 3.05) is 6.61 Å². The highest BCUT2D eigenvalue weighted by atomic mass is 16.5. The van der Waals surface area contributed by atoms with Crippen molar-refractivity contribution in [2.24, 2.45) is 5.41 Å². The fraction of sp³-hybridized carbons (Fsp3) is 0.529. The van der Waals surface area contributed by atoms with E-state index in [-0.39, 0.29) is 11.5 Å². The Labute approximate surface area is 116 Å². The van der Waals surface area contributed by atoms with Crippen molar-refractivity contribution >= 4 is 0 Å². The number of rotatable bonds is 5. The second-order valence-corrected chi connectivity index (χ2v) is 6.00. The van der Waals surface area contributed by atoms with Crippen LogP contribution in [0.1, 0.15) is 32.8 Å². The minimum absolute atomic E-state index is 0.0000393. The van der Waals surface area contributed by atoms with E-state index in [9.17, 15) is 0 Å². The van der Waals surface area contributed by atoms with Crippen molar-refractivity contribution in [1.82, 2.24) is 0 Å². The zero-order chi connectivity index (χ0) is 13.7. The number of hydrogen-bond donors (Lipinski definition) is 0. The molecule has 2 rings (SSSR count). The smallest absolute Gasteiger partial charge is 0.0832 e. The van der Waals surface area contributed by atoms with Crippen molar-refractivity contribution in [1.29, 1.82) is 0 Å². The first-order chi connectivity index (χ1) is 9.08. The van der Waals surface area contributed by atoms with E-state index in [2.05, 4.69) is 45.1 Å². The van der Waals surface area contributed by atoms with E-state index >= 15 is 0 Å². The van der Waals surface area contributed by atoms with Crippen LogP contribution in [-0.4, -0.2) is 18.8 Å². The number of ether oxygens (including phenoxy) is 2. The minimum atomic E-state index is -0.0000393. The Hall–Kier alpha value is -1.12. The van der Waals surface area contributed by atoms with Crippen molar-refractivity contribution < 1.29 is 9.47 Å². The second kappa shape index (κ2) is 6.36. The molecule has 19 heavy (non-hydrogen) atoms. The van der Waals surface area contributed by atoms with Gasteiger partial charge in [0.15, 0.2) is 0 Å². The summed E-state index contributed by atoms with van der Waals surface area (Å²) in [4.78, 5) is 0. The van der Waals surface area contributed by atoms with E-state index in [1.807, 2.05) is 18.2 Å². The summed E-state index contributed by atoms with van der Waals surface area (Å²) in [6.07, 6.45) is 5.86. The zero-order valence-corrected chi connectivity index (χ0v) is 12.1. The Bertz CT molecular complexity index is 409. The molecule has 0 fully saturated rings. The van der Waals surface area contributed by atoms with Crippen LogP contribution in [0.3, 0.4) is 0 Å². The molecule has 0 spiro atoms. The quantitative estimate of drug-likeness (QED) is 0.746. The first-order valence-corrected chi connectivity index (χ1v) is 7.02. The molecule has 0 aromatic heterocycles. The molecular weight excluding hydrogens is 236 g/mol. The lowest BCUT2D eigenvalue weighted by molar-refractivity contribution is -0.0766. The summed E-state index contributed by atoms with van der Waals surface area (Å²) in [6.45, 7) is 7.88. The molecule has 0 saturated carbocycles. The molecule has 104 valence electrons. The molecule has 0 aliphatic carbocycles. The summed E-state index contributed by atoms with van der Waals surface area (Å²) >= 11 is 0. The lowest BCUT2D eigenvalue weighted by atomic mass is 9.85. The first-order valence-electron chi connectivity index (χ1n) is 7.02. The molecule has 2 nitrogen and oxygen atoms in total. The summed E-state index contributed by atoms with van der Waals surface area (Å²) < 4.78 is 11.8. The minimum Gasteiger partial charge on any atom is -0.376 e. The van der Waals surface area contributed by atoms with Gasteiger partial charge in [-0.25, -0.2) is 0 Å². The third-order valence-corrected chi connectivity index (χ3v) is 3.51. The van der Waals surface area contributed by atoms with Crippen LogP contribution in [0.15, 0.2) is 42.5 Å². The molecule has 0 unspecified atom stereocenters. The third kappa shape index (κ3) is 4.19. The molecule has 0 amide bonds. The molecule has 1 aromatic carbocycles. The van der Waals surface area contributed by atoms with E-state index in [0.29, 0.717) is 19.3 Å². The summed E-state index contributed by atoms with van der Waals surface area (Å²) in [7, 11) is 0. The molecule has 1 aliphatic rings. The molecule has 1 aliphatic heterocycles. The van der Waals surface area contributed by atoms with Gasteiger partial charge in [-0.15, -0.1) is 0 Å². The van der Waals surface area contributed by atoms with Crippen LogP contribution < -0.4 is 0 Å². The Kier molecular flexibility index (Phi) is 4.78. The Morgan fingerprint density at radius 2 is 2.00 bits per heavy atom. The molecule has 0 saturated heterocycles. The van der Waals surface area contributed by atoms with Crippen molar-refractivity contribution in [3.63, 3.8) is 0 Å². The lowest BCUT2D eigenvalue weighted by Crippen LogP contribution is -2.38. The zero-order valence-electron chi connectivity index (χ0n) is 12.1. The normalized spacial score (nSPS) is 23.5. The van der Waals surface area contributed by atoms with Gasteiger partial charge >= 0.3 is 0 Å². The highest BCUT2D eigenvalue weighted by Crippen LogP contribution is 2.29. The highest BCUT2D eigenvalue weighted by molar-refractivity contribution is 5.13. The fourth-order valence-electron chi connectivity index (χ4n) is 2.28. The Morgan fingerprint density at radius 1 is 1.26 bits per heavy atom. The van der Waals surface area contributed by atoms with Crippen molar-refractivity contribution in [3.05, 3.63) is 48.0 Å².